The number of benzene rings is 1. The van der Waals surface area contributed by atoms with Crippen LogP contribution in [0.2, 0.25) is 0 Å². The first-order valence-electron chi connectivity index (χ1n) is 6.32. The van der Waals surface area contributed by atoms with Gasteiger partial charge in [-0.05, 0) is 24.5 Å². The fourth-order valence-corrected chi connectivity index (χ4v) is 2.26. The van der Waals surface area contributed by atoms with Gasteiger partial charge in [-0.3, -0.25) is 4.79 Å². The second-order valence-corrected chi connectivity index (χ2v) is 4.84. The van der Waals surface area contributed by atoms with Crippen LogP contribution in [-0.4, -0.2) is 23.7 Å². The third-order valence-corrected chi connectivity index (χ3v) is 3.37. The Morgan fingerprint density at radius 1 is 1.39 bits per heavy atom. The highest BCUT2D eigenvalue weighted by Crippen LogP contribution is 2.17. The summed E-state index contributed by atoms with van der Waals surface area (Å²) in [6, 6.07) is 7.99. The van der Waals surface area contributed by atoms with Gasteiger partial charge in [-0.2, -0.15) is 0 Å². The number of carbonyl (C=O) groups excluding carboxylic acids is 1. The maximum Gasteiger partial charge on any atom is 0.224 e. The number of aryl methyl sites for hydroxylation is 1. The zero-order valence-corrected chi connectivity index (χ0v) is 10.6. The standard InChI is InChI=1S/C15H19NO2/c1-11-4-2-3-5-13(11)9-15(18)16-14-7-6-12(8-14)10-17/h2-7,12,14,17H,8-10H2,1H3,(H,16,18)/t12-,14+/m0/s1. The van der Waals surface area contributed by atoms with E-state index in [0.717, 1.165) is 17.5 Å². The summed E-state index contributed by atoms with van der Waals surface area (Å²) < 4.78 is 0. The Hall–Kier alpha value is -1.61. The molecule has 0 heterocycles. The minimum absolute atomic E-state index is 0.0394. The minimum atomic E-state index is 0.0394. The lowest BCUT2D eigenvalue weighted by Crippen LogP contribution is -2.34. The molecule has 0 unspecified atom stereocenters. The topological polar surface area (TPSA) is 49.3 Å². The summed E-state index contributed by atoms with van der Waals surface area (Å²) in [4.78, 5) is 11.9. The van der Waals surface area contributed by atoms with Gasteiger partial charge in [0.25, 0.3) is 0 Å². The van der Waals surface area contributed by atoms with E-state index in [4.69, 9.17) is 5.11 Å². The minimum Gasteiger partial charge on any atom is -0.396 e. The number of aliphatic hydroxyl groups excluding tert-OH is 1. The molecule has 1 aliphatic carbocycles. The lowest BCUT2D eigenvalue weighted by Gasteiger charge is -2.13. The first-order valence-corrected chi connectivity index (χ1v) is 6.32. The Balaban J connectivity index is 1.87. The van der Waals surface area contributed by atoms with Gasteiger partial charge in [-0.15, -0.1) is 0 Å². The monoisotopic (exact) mass is 245 g/mol. The van der Waals surface area contributed by atoms with Crippen LogP contribution in [0.1, 0.15) is 17.5 Å². The van der Waals surface area contributed by atoms with Crippen LogP contribution < -0.4 is 5.32 Å². The highest BCUT2D eigenvalue weighted by molar-refractivity contribution is 5.79. The number of nitrogens with one attached hydrogen (secondary N) is 1. The Morgan fingerprint density at radius 3 is 2.83 bits per heavy atom. The summed E-state index contributed by atoms with van der Waals surface area (Å²) in [7, 11) is 0. The van der Waals surface area contributed by atoms with Gasteiger partial charge in [-0.25, -0.2) is 0 Å². The fraction of sp³-hybridized carbons (Fsp3) is 0.400. The molecule has 0 saturated carbocycles. The van der Waals surface area contributed by atoms with Gasteiger partial charge in [0, 0.05) is 18.6 Å². The van der Waals surface area contributed by atoms with Crippen LogP contribution in [0.3, 0.4) is 0 Å². The van der Waals surface area contributed by atoms with E-state index >= 15 is 0 Å². The van der Waals surface area contributed by atoms with Crippen LogP contribution >= 0.6 is 0 Å². The fourth-order valence-electron chi connectivity index (χ4n) is 2.26. The van der Waals surface area contributed by atoms with Crippen molar-refractivity contribution in [2.24, 2.45) is 5.92 Å². The molecule has 0 aliphatic heterocycles. The van der Waals surface area contributed by atoms with E-state index in [1.807, 2.05) is 43.3 Å². The molecule has 0 bridgehead atoms. The van der Waals surface area contributed by atoms with Crippen LogP contribution in [0.15, 0.2) is 36.4 Å². The molecule has 2 rings (SSSR count). The summed E-state index contributed by atoms with van der Waals surface area (Å²) in [6.45, 7) is 2.17. The Bertz CT molecular complexity index is 454. The molecule has 1 aromatic rings. The number of hydrogen-bond donors (Lipinski definition) is 2. The Labute approximate surface area is 108 Å². The first-order chi connectivity index (χ1) is 8.69. The maximum atomic E-state index is 11.9. The van der Waals surface area contributed by atoms with Crippen molar-refractivity contribution < 1.29 is 9.90 Å². The lowest BCUT2D eigenvalue weighted by molar-refractivity contribution is -0.120. The van der Waals surface area contributed by atoms with Crippen LogP contribution in [0, 0.1) is 12.8 Å². The molecule has 0 spiro atoms. The average molecular weight is 245 g/mol. The third kappa shape index (κ3) is 3.20. The lowest BCUT2D eigenvalue weighted by atomic mass is 10.1. The van der Waals surface area contributed by atoms with Crippen molar-refractivity contribution in [3.8, 4) is 0 Å². The molecule has 18 heavy (non-hydrogen) atoms. The van der Waals surface area contributed by atoms with Crippen molar-refractivity contribution in [1.82, 2.24) is 5.32 Å². The third-order valence-electron chi connectivity index (χ3n) is 3.37. The van der Waals surface area contributed by atoms with Crippen molar-refractivity contribution in [1.29, 1.82) is 0 Å². The summed E-state index contributed by atoms with van der Waals surface area (Å²) >= 11 is 0. The van der Waals surface area contributed by atoms with E-state index in [1.54, 1.807) is 0 Å². The highest BCUT2D eigenvalue weighted by Gasteiger charge is 2.19. The molecule has 2 atom stereocenters. The van der Waals surface area contributed by atoms with Crippen molar-refractivity contribution in [2.45, 2.75) is 25.8 Å². The summed E-state index contributed by atoms with van der Waals surface area (Å²) in [5.74, 6) is 0.228. The SMILES string of the molecule is Cc1ccccc1CC(=O)N[C@@H]1C=C[C@H](CO)C1. The predicted octanol–water partition coefficient (Wildman–Crippen LogP) is 1.59. The molecule has 0 aromatic heterocycles. The number of carbonyl (C=O) groups is 1. The Kier molecular flexibility index (Phi) is 4.15. The second kappa shape index (κ2) is 5.83. The molecule has 96 valence electrons. The van der Waals surface area contributed by atoms with Crippen molar-refractivity contribution in [2.75, 3.05) is 6.61 Å². The van der Waals surface area contributed by atoms with E-state index < -0.39 is 0 Å². The number of amides is 1. The number of rotatable bonds is 4. The van der Waals surface area contributed by atoms with Crippen LogP contribution in [0.4, 0.5) is 0 Å². The van der Waals surface area contributed by atoms with Gasteiger partial charge in [-0.1, -0.05) is 36.4 Å². The van der Waals surface area contributed by atoms with E-state index in [9.17, 15) is 4.79 Å². The average Bonchev–Trinajstić information content (AvgIpc) is 2.80. The molecule has 0 fully saturated rings. The normalized spacial score (nSPS) is 22.1. The van der Waals surface area contributed by atoms with Crippen molar-refractivity contribution in [3.05, 3.63) is 47.5 Å². The molecule has 1 aromatic carbocycles. The van der Waals surface area contributed by atoms with Crippen molar-refractivity contribution >= 4 is 5.91 Å². The van der Waals surface area contributed by atoms with E-state index in [1.165, 1.54) is 0 Å². The molecular formula is C15H19NO2. The molecule has 1 aliphatic rings. The molecule has 0 saturated heterocycles. The quantitative estimate of drug-likeness (QED) is 0.791. The highest BCUT2D eigenvalue weighted by atomic mass is 16.3. The van der Waals surface area contributed by atoms with Crippen LogP contribution in [-0.2, 0) is 11.2 Å². The summed E-state index contributed by atoms with van der Waals surface area (Å²) in [6.07, 6.45) is 5.16. The summed E-state index contributed by atoms with van der Waals surface area (Å²) in [5.41, 5.74) is 2.21. The molecule has 0 radical (unpaired) electrons. The van der Waals surface area contributed by atoms with E-state index in [2.05, 4.69) is 5.32 Å². The van der Waals surface area contributed by atoms with Gasteiger partial charge in [0.1, 0.15) is 0 Å². The van der Waals surface area contributed by atoms with Gasteiger partial charge in [0.2, 0.25) is 5.91 Å². The zero-order valence-electron chi connectivity index (χ0n) is 10.6. The second-order valence-electron chi connectivity index (χ2n) is 4.84. The maximum absolute atomic E-state index is 11.9. The Morgan fingerprint density at radius 2 is 2.17 bits per heavy atom. The van der Waals surface area contributed by atoms with E-state index in [0.29, 0.717) is 6.42 Å². The predicted molar refractivity (Wildman–Crippen MR) is 71.1 cm³/mol. The number of aliphatic hydroxyl groups is 1. The smallest absolute Gasteiger partial charge is 0.224 e. The van der Waals surface area contributed by atoms with Crippen LogP contribution in [0.5, 0.6) is 0 Å². The van der Waals surface area contributed by atoms with Gasteiger partial charge >= 0.3 is 0 Å². The van der Waals surface area contributed by atoms with Crippen LogP contribution in [0.25, 0.3) is 0 Å². The molecular weight excluding hydrogens is 226 g/mol. The largest absolute Gasteiger partial charge is 0.396 e. The van der Waals surface area contributed by atoms with Crippen molar-refractivity contribution in [3.63, 3.8) is 0 Å². The zero-order chi connectivity index (χ0) is 13.0. The van der Waals surface area contributed by atoms with Gasteiger partial charge in [0.15, 0.2) is 0 Å². The van der Waals surface area contributed by atoms with Gasteiger partial charge < -0.3 is 10.4 Å². The van der Waals surface area contributed by atoms with Gasteiger partial charge in [0.05, 0.1) is 6.42 Å². The number of hydrogen-bond acceptors (Lipinski definition) is 2. The molecule has 3 nitrogen and oxygen atoms in total. The summed E-state index contributed by atoms with van der Waals surface area (Å²) in [5, 5.41) is 12.0. The van der Waals surface area contributed by atoms with E-state index in [-0.39, 0.29) is 24.5 Å². The molecule has 3 heteroatoms. The first kappa shape index (κ1) is 12.8. The molecule has 1 amide bonds. The molecule has 2 N–H and O–H groups in total.